The van der Waals surface area contributed by atoms with Crippen molar-refractivity contribution in [3.8, 4) is 11.8 Å². The zero-order valence-corrected chi connectivity index (χ0v) is 12.6. The maximum Gasteiger partial charge on any atom is 0.237 e. The zero-order chi connectivity index (χ0) is 14.4. The molecule has 1 heterocycles. The number of aryl methyl sites for hydroxylation is 1. The lowest BCUT2D eigenvalue weighted by molar-refractivity contribution is -0.115. The number of hydrogen-bond acceptors (Lipinski definition) is 3. The van der Waals surface area contributed by atoms with Crippen LogP contribution in [0.4, 0.5) is 5.69 Å². The number of benzene rings is 1. The summed E-state index contributed by atoms with van der Waals surface area (Å²) in [4.78, 5) is 12.2. The fourth-order valence-electron chi connectivity index (χ4n) is 2.20. The Hall–Kier alpha value is -1.44. The highest BCUT2D eigenvalue weighted by Gasteiger charge is 2.21. The van der Waals surface area contributed by atoms with Gasteiger partial charge in [-0.05, 0) is 49.3 Å². The molecular weight excluding hydrogens is 268 g/mol. The molecule has 1 amide bonds. The van der Waals surface area contributed by atoms with E-state index in [9.17, 15) is 4.79 Å². The number of hydrogen-bond donors (Lipinski definition) is 2. The van der Waals surface area contributed by atoms with Crippen molar-refractivity contribution in [2.24, 2.45) is 5.73 Å². The van der Waals surface area contributed by atoms with Crippen LogP contribution in [-0.2, 0) is 4.79 Å². The number of carbonyl (C=O) groups excluding carboxylic acids is 1. The number of amides is 1. The molecule has 2 rings (SSSR count). The molecule has 4 heteroatoms. The lowest BCUT2D eigenvalue weighted by Crippen LogP contribution is -2.27. The summed E-state index contributed by atoms with van der Waals surface area (Å²) in [5.74, 6) is 7.08. The summed E-state index contributed by atoms with van der Waals surface area (Å²) in [7, 11) is 0. The van der Waals surface area contributed by atoms with Crippen molar-refractivity contribution in [2.75, 3.05) is 17.6 Å². The number of thioether (sulfide) groups is 1. The van der Waals surface area contributed by atoms with Crippen LogP contribution in [-0.4, -0.2) is 23.5 Å². The van der Waals surface area contributed by atoms with Crippen molar-refractivity contribution in [1.82, 2.24) is 0 Å². The van der Waals surface area contributed by atoms with E-state index in [2.05, 4.69) is 17.2 Å². The Morgan fingerprint density at radius 2 is 2.35 bits per heavy atom. The third-order valence-corrected chi connectivity index (χ3v) is 4.67. The first-order valence-corrected chi connectivity index (χ1v) is 7.97. The van der Waals surface area contributed by atoms with E-state index >= 15 is 0 Å². The Morgan fingerprint density at radius 3 is 3.00 bits per heavy atom. The third kappa shape index (κ3) is 4.03. The van der Waals surface area contributed by atoms with Gasteiger partial charge in [0.2, 0.25) is 5.91 Å². The Morgan fingerprint density at radius 1 is 1.50 bits per heavy atom. The van der Waals surface area contributed by atoms with Gasteiger partial charge in [0, 0.05) is 11.3 Å². The number of nitrogens with one attached hydrogen (secondary N) is 1. The number of nitrogens with two attached hydrogens (primary N) is 1. The topological polar surface area (TPSA) is 55.1 Å². The highest BCUT2D eigenvalue weighted by Crippen LogP contribution is 2.26. The van der Waals surface area contributed by atoms with E-state index in [0.717, 1.165) is 35.4 Å². The molecule has 0 aliphatic carbocycles. The van der Waals surface area contributed by atoms with E-state index in [1.807, 2.05) is 25.1 Å². The molecule has 3 N–H and O–H groups in total. The van der Waals surface area contributed by atoms with Gasteiger partial charge >= 0.3 is 0 Å². The summed E-state index contributed by atoms with van der Waals surface area (Å²) in [6, 6.07) is 5.80. The van der Waals surface area contributed by atoms with Crippen LogP contribution >= 0.6 is 11.8 Å². The SMILES string of the molecule is Cc1cc(NC(=O)C2CCCCS2)ccc1C#CCN. The average molecular weight is 288 g/mol. The molecule has 1 aliphatic rings. The molecule has 0 radical (unpaired) electrons. The summed E-state index contributed by atoms with van der Waals surface area (Å²) >= 11 is 1.76. The lowest BCUT2D eigenvalue weighted by atomic mass is 10.1. The first-order chi connectivity index (χ1) is 9.70. The van der Waals surface area contributed by atoms with Gasteiger partial charge < -0.3 is 11.1 Å². The van der Waals surface area contributed by atoms with E-state index in [-0.39, 0.29) is 11.2 Å². The van der Waals surface area contributed by atoms with Crippen molar-refractivity contribution in [3.63, 3.8) is 0 Å². The van der Waals surface area contributed by atoms with Crippen molar-refractivity contribution in [3.05, 3.63) is 29.3 Å². The molecular formula is C16H20N2OS. The minimum atomic E-state index is 0.0979. The molecule has 0 saturated carbocycles. The van der Waals surface area contributed by atoms with Gasteiger partial charge in [0.15, 0.2) is 0 Å². The molecule has 1 saturated heterocycles. The predicted octanol–water partition coefficient (Wildman–Crippen LogP) is 2.53. The highest BCUT2D eigenvalue weighted by molar-refractivity contribution is 8.00. The molecule has 20 heavy (non-hydrogen) atoms. The molecule has 1 unspecified atom stereocenters. The summed E-state index contributed by atoms with van der Waals surface area (Å²) < 4.78 is 0. The van der Waals surface area contributed by atoms with Crippen molar-refractivity contribution in [2.45, 2.75) is 31.4 Å². The van der Waals surface area contributed by atoms with Crippen LogP contribution in [0.2, 0.25) is 0 Å². The predicted molar refractivity (Wildman–Crippen MR) is 85.8 cm³/mol. The smallest absolute Gasteiger partial charge is 0.237 e. The standard InChI is InChI=1S/C16H20N2OS/c1-12-11-14(8-7-13(12)5-4-9-17)18-16(19)15-6-2-3-10-20-15/h7-8,11,15H,2-3,6,9-10,17H2,1H3,(H,18,19). The van der Waals surface area contributed by atoms with Crippen molar-refractivity contribution in [1.29, 1.82) is 0 Å². The molecule has 1 aromatic rings. The molecule has 0 bridgehead atoms. The van der Waals surface area contributed by atoms with E-state index in [1.54, 1.807) is 11.8 Å². The van der Waals surface area contributed by atoms with E-state index in [0.29, 0.717) is 6.54 Å². The second kappa shape index (κ2) is 7.37. The molecule has 0 spiro atoms. The average Bonchev–Trinajstić information content (AvgIpc) is 2.47. The molecule has 1 atom stereocenters. The van der Waals surface area contributed by atoms with Crippen LogP contribution in [0.15, 0.2) is 18.2 Å². The van der Waals surface area contributed by atoms with E-state index in [1.165, 1.54) is 6.42 Å². The Labute approximate surface area is 124 Å². The maximum atomic E-state index is 12.2. The van der Waals surface area contributed by atoms with Gasteiger partial charge in [0.05, 0.1) is 11.8 Å². The van der Waals surface area contributed by atoms with E-state index in [4.69, 9.17) is 5.73 Å². The van der Waals surface area contributed by atoms with E-state index < -0.39 is 0 Å². The number of rotatable bonds is 2. The van der Waals surface area contributed by atoms with Crippen LogP contribution in [0.5, 0.6) is 0 Å². The van der Waals surface area contributed by atoms with Crippen molar-refractivity contribution < 1.29 is 4.79 Å². The zero-order valence-electron chi connectivity index (χ0n) is 11.7. The first-order valence-electron chi connectivity index (χ1n) is 6.93. The Bertz CT molecular complexity index is 539. The van der Waals surface area contributed by atoms with Crippen molar-refractivity contribution >= 4 is 23.4 Å². The minimum Gasteiger partial charge on any atom is -0.325 e. The van der Waals surface area contributed by atoms with Crippen LogP contribution in [0.25, 0.3) is 0 Å². The molecule has 106 valence electrons. The Balaban J connectivity index is 2.02. The van der Waals surface area contributed by atoms with Gasteiger partial charge in [0.1, 0.15) is 0 Å². The van der Waals surface area contributed by atoms with Gasteiger partial charge in [-0.25, -0.2) is 0 Å². The molecule has 1 aromatic carbocycles. The summed E-state index contributed by atoms with van der Waals surface area (Å²) in [6.07, 6.45) is 3.36. The fourth-order valence-corrected chi connectivity index (χ4v) is 3.40. The van der Waals surface area contributed by atoms with Crippen LogP contribution in [0, 0.1) is 18.8 Å². The van der Waals surface area contributed by atoms with Gasteiger partial charge in [0.25, 0.3) is 0 Å². The summed E-state index contributed by atoms with van der Waals surface area (Å²) in [6.45, 7) is 2.35. The largest absolute Gasteiger partial charge is 0.325 e. The molecule has 1 fully saturated rings. The maximum absolute atomic E-state index is 12.2. The second-order valence-electron chi connectivity index (χ2n) is 4.88. The van der Waals surface area contributed by atoms with Crippen LogP contribution < -0.4 is 11.1 Å². The Kier molecular flexibility index (Phi) is 5.51. The van der Waals surface area contributed by atoms with Crippen LogP contribution in [0.1, 0.15) is 30.4 Å². The quantitative estimate of drug-likeness (QED) is 0.822. The normalized spacial score (nSPS) is 18.0. The third-order valence-electron chi connectivity index (χ3n) is 3.29. The van der Waals surface area contributed by atoms with Gasteiger partial charge in [-0.1, -0.05) is 18.3 Å². The van der Waals surface area contributed by atoms with Gasteiger partial charge in [-0.15, -0.1) is 11.8 Å². The molecule has 0 aromatic heterocycles. The lowest BCUT2D eigenvalue weighted by Gasteiger charge is -2.20. The summed E-state index contributed by atoms with van der Waals surface area (Å²) in [5, 5.41) is 3.10. The van der Waals surface area contributed by atoms with Gasteiger partial charge in [-0.3, -0.25) is 4.79 Å². The second-order valence-corrected chi connectivity index (χ2v) is 6.19. The molecule has 1 aliphatic heterocycles. The first kappa shape index (κ1) is 15.0. The molecule has 3 nitrogen and oxygen atoms in total. The highest BCUT2D eigenvalue weighted by atomic mass is 32.2. The monoisotopic (exact) mass is 288 g/mol. The summed E-state index contributed by atoms with van der Waals surface area (Å²) in [5.41, 5.74) is 8.23. The minimum absolute atomic E-state index is 0.0979. The number of anilines is 1. The fraction of sp³-hybridized carbons (Fsp3) is 0.438. The van der Waals surface area contributed by atoms with Gasteiger partial charge in [-0.2, -0.15) is 0 Å². The number of carbonyl (C=O) groups is 1. The van der Waals surface area contributed by atoms with Crippen LogP contribution in [0.3, 0.4) is 0 Å².